The molecule has 0 amide bonds. The summed E-state index contributed by atoms with van der Waals surface area (Å²) in [6.45, 7) is 0. The summed E-state index contributed by atoms with van der Waals surface area (Å²) < 4.78 is -0.431. The quantitative estimate of drug-likeness (QED) is 0.668. The zero-order valence-electron chi connectivity index (χ0n) is 6.09. The third-order valence-electron chi connectivity index (χ3n) is 2.19. The summed E-state index contributed by atoms with van der Waals surface area (Å²) in [6, 6.07) is 0. The molecule has 1 rings (SSSR count). The Bertz CT molecular complexity index is 139. The van der Waals surface area contributed by atoms with Crippen LogP contribution in [0.5, 0.6) is 0 Å². The molecule has 3 heteroatoms. The van der Waals surface area contributed by atoms with E-state index in [1.54, 1.807) is 0 Å². The van der Waals surface area contributed by atoms with Gasteiger partial charge in [-0.3, -0.25) is 4.79 Å². The number of thioether (sulfide) groups is 1. The summed E-state index contributed by atoms with van der Waals surface area (Å²) in [5.74, 6) is -0.627. The minimum atomic E-state index is -0.627. The van der Waals surface area contributed by atoms with Crippen molar-refractivity contribution < 1.29 is 9.90 Å². The molecule has 0 atom stereocenters. The van der Waals surface area contributed by atoms with Gasteiger partial charge < -0.3 is 5.11 Å². The predicted octanol–water partition coefficient (Wildman–Crippen LogP) is 1.75. The van der Waals surface area contributed by atoms with Crippen LogP contribution in [0.1, 0.15) is 25.7 Å². The van der Waals surface area contributed by atoms with Crippen LogP contribution in [0, 0.1) is 0 Å². The van der Waals surface area contributed by atoms with Crippen LogP contribution in [-0.4, -0.2) is 22.1 Å². The molecule has 0 heterocycles. The van der Waals surface area contributed by atoms with E-state index in [2.05, 4.69) is 0 Å². The van der Waals surface area contributed by atoms with E-state index in [-0.39, 0.29) is 0 Å². The topological polar surface area (TPSA) is 37.3 Å². The lowest BCUT2D eigenvalue weighted by Gasteiger charge is -2.19. The van der Waals surface area contributed by atoms with Gasteiger partial charge in [-0.05, 0) is 19.1 Å². The molecule has 1 aliphatic rings. The van der Waals surface area contributed by atoms with Crippen molar-refractivity contribution in [2.45, 2.75) is 30.4 Å². The number of carboxylic acid groups (broad SMARTS) is 1. The van der Waals surface area contributed by atoms with Crippen molar-refractivity contribution in [1.29, 1.82) is 0 Å². The number of carbonyl (C=O) groups is 1. The number of aliphatic carboxylic acids is 1. The molecule has 1 fully saturated rings. The van der Waals surface area contributed by atoms with Crippen LogP contribution in [0.3, 0.4) is 0 Å². The Labute approximate surface area is 65.0 Å². The van der Waals surface area contributed by atoms with Gasteiger partial charge in [-0.2, -0.15) is 0 Å². The van der Waals surface area contributed by atoms with Gasteiger partial charge in [-0.15, -0.1) is 11.8 Å². The molecule has 0 spiro atoms. The lowest BCUT2D eigenvalue weighted by atomic mass is 10.1. The maximum atomic E-state index is 10.7. The molecule has 1 N–H and O–H groups in total. The van der Waals surface area contributed by atoms with Gasteiger partial charge in [0.2, 0.25) is 0 Å². The van der Waals surface area contributed by atoms with Gasteiger partial charge in [0.1, 0.15) is 4.75 Å². The van der Waals surface area contributed by atoms with Crippen molar-refractivity contribution in [2.75, 3.05) is 6.26 Å². The van der Waals surface area contributed by atoms with E-state index in [1.807, 2.05) is 6.26 Å². The second-order valence-corrected chi connectivity index (χ2v) is 3.90. The van der Waals surface area contributed by atoms with Crippen LogP contribution in [0.25, 0.3) is 0 Å². The molecule has 0 aliphatic heterocycles. The average Bonchev–Trinajstić information content (AvgIpc) is 2.35. The van der Waals surface area contributed by atoms with E-state index in [9.17, 15) is 4.79 Å². The molecule has 1 saturated carbocycles. The van der Waals surface area contributed by atoms with Gasteiger partial charge in [0.05, 0.1) is 0 Å². The zero-order valence-corrected chi connectivity index (χ0v) is 6.91. The smallest absolute Gasteiger partial charge is 0.319 e. The zero-order chi connectivity index (χ0) is 7.61. The highest BCUT2D eigenvalue weighted by Crippen LogP contribution is 2.40. The normalized spacial score (nSPS) is 22.9. The molecular formula is C7H12O2S. The van der Waals surface area contributed by atoms with Crippen molar-refractivity contribution in [3.8, 4) is 0 Å². The fourth-order valence-electron chi connectivity index (χ4n) is 1.45. The molecule has 0 aromatic carbocycles. The highest BCUT2D eigenvalue weighted by Gasteiger charge is 2.40. The number of carboxylic acids is 1. The average molecular weight is 160 g/mol. The molecular weight excluding hydrogens is 148 g/mol. The van der Waals surface area contributed by atoms with Crippen LogP contribution >= 0.6 is 11.8 Å². The van der Waals surface area contributed by atoms with Gasteiger partial charge in [-0.1, -0.05) is 12.8 Å². The van der Waals surface area contributed by atoms with Crippen molar-refractivity contribution in [1.82, 2.24) is 0 Å². The van der Waals surface area contributed by atoms with Crippen molar-refractivity contribution in [2.24, 2.45) is 0 Å². The Morgan fingerprint density at radius 1 is 1.50 bits per heavy atom. The Kier molecular flexibility index (Phi) is 2.24. The second kappa shape index (κ2) is 2.82. The summed E-state index contributed by atoms with van der Waals surface area (Å²) in [4.78, 5) is 10.7. The number of hydrogen-bond acceptors (Lipinski definition) is 2. The van der Waals surface area contributed by atoms with Crippen molar-refractivity contribution in [3.63, 3.8) is 0 Å². The summed E-state index contributed by atoms with van der Waals surface area (Å²) in [7, 11) is 0. The highest BCUT2D eigenvalue weighted by molar-refractivity contribution is 8.00. The first kappa shape index (κ1) is 7.92. The Morgan fingerprint density at radius 3 is 2.20 bits per heavy atom. The molecule has 0 bridgehead atoms. The lowest BCUT2D eigenvalue weighted by Crippen LogP contribution is -2.30. The predicted molar refractivity (Wildman–Crippen MR) is 42.3 cm³/mol. The second-order valence-electron chi connectivity index (χ2n) is 2.71. The maximum Gasteiger partial charge on any atom is 0.319 e. The van der Waals surface area contributed by atoms with Crippen LogP contribution in [-0.2, 0) is 4.79 Å². The van der Waals surface area contributed by atoms with E-state index in [0.717, 1.165) is 25.7 Å². The minimum Gasteiger partial charge on any atom is -0.480 e. The van der Waals surface area contributed by atoms with E-state index in [1.165, 1.54) is 11.8 Å². The molecule has 1 aliphatic carbocycles. The summed E-state index contributed by atoms with van der Waals surface area (Å²) >= 11 is 1.49. The molecule has 0 aromatic rings. The largest absolute Gasteiger partial charge is 0.480 e. The maximum absolute atomic E-state index is 10.7. The minimum absolute atomic E-state index is 0.431. The lowest BCUT2D eigenvalue weighted by molar-refractivity contribution is -0.139. The Balaban J connectivity index is 2.67. The van der Waals surface area contributed by atoms with Gasteiger partial charge in [0, 0.05) is 0 Å². The van der Waals surface area contributed by atoms with Gasteiger partial charge in [-0.25, -0.2) is 0 Å². The first-order valence-corrected chi connectivity index (χ1v) is 4.72. The summed E-state index contributed by atoms with van der Waals surface area (Å²) in [5, 5.41) is 8.84. The van der Waals surface area contributed by atoms with E-state index in [0.29, 0.717) is 0 Å². The fraction of sp³-hybridized carbons (Fsp3) is 0.857. The van der Waals surface area contributed by atoms with E-state index >= 15 is 0 Å². The highest BCUT2D eigenvalue weighted by atomic mass is 32.2. The third-order valence-corrected chi connectivity index (χ3v) is 3.56. The monoisotopic (exact) mass is 160 g/mol. The standard InChI is InChI=1S/C7H12O2S/c1-10-7(6(8)9)4-2-3-5-7/h2-5H2,1H3,(H,8,9). The molecule has 0 aromatic heterocycles. The SMILES string of the molecule is CSC1(C(=O)O)CCCC1. The Hall–Kier alpha value is -0.180. The van der Waals surface area contributed by atoms with Crippen molar-refractivity contribution in [3.05, 3.63) is 0 Å². The molecule has 0 radical (unpaired) electrons. The first-order chi connectivity index (χ1) is 4.71. The Morgan fingerprint density at radius 2 is 2.00 bits per heavy atom. The van der Waals surface area contributed by atoms with Crippen LogP contribution in [0.2, 0.25) is 0 Å². The van der Waals surface area contributed by atoms with Gasteiger partial charge in [0.25, 0.3) is 0 Å². The molecule has 0 saturated heterocycles. The fourth-order valence-corrected chi connectivity index (χ4v) is 2.32. The van der Waals surface area contributed by atoms with Crippen LogP contribution in [0.4, 0.5) is 0 Å². The molecule has 0 unspecified atom stereocenters. The number of hydrogen-bond donors (Lipinski definition) is 1. The van der Waals surface area contributed by atoms with Gasteiger partial charge in [0.15, 0.2) is 0 Å². The summed E-state index contributed by atoms with van der Waals surface area (Å²) in [5.41, 5.74) is 0. The third kappa shape index (κ3) is 1.15. The van der Waals surface area contributed by atoms with Crippen LogP contribution < -0.4 is 0 Å². The van der Waals surface area contributed by atoms with Crippen molar-refractivity contribution >= 4 is 17.7 Å². The molecule has 2 nitrogen and oxygen atoms in total. The van der Waals surface area contributed by atoms with Crippen LogP contribution in [0.15, 0.2) is 0 Å². The number of rotatable bonds is 2. The van der Waals surface area contributed by atoms with E-state index in [4.69, 9.17) is 5.11 Å². The molecule has 10 heavy (non-hydrogen) atoms. The molecule has 58 valence electrons. The van der Waals surface area contributed by atoms with Gasteiger partial charge >= 0.3 is 5.97 Å². The van der Waals surface area contributed by atoms with E-state index < -0.39 is 10.7 Å². The first-order valence-electron chi connectivity index (χ1n) is 3.50. The summed E-state index contributed by atoms with van der Waals surface area (Å²) in [6.07, 6.45) is 5.74.